The van der Waals surface area contributed by atoms with Gasteiger partial charge in [-0.25, -0.2) is 0 Å². The van der Waals surface area contributed by atoms with Crippen LogP contribution in [-0.4, -0.2) is 35.0 Å². The topological polar surface area (TPSA) is 51.3 Å². The van der Waals surface area contributed by atoms with Gasteiger partial charge in [-0.3, -0.25) is 4.79 Å². The number of benzene rings is 1. The van der Waals surface area contributed by atoms with Crippen LogP contribution in [0.25, 0.3) is 11.1 Å². The monoisotopic (exact) mass is 339 g/mol. The summed E-state index contributed by atoms with van der Waals surface area (Å²) in [6.45, 7) is 10.5. The molecule has 2 N–H and O–H groups in total. The summed E-state index contributed by atoms with van der Waals surface area (Å²) in [5.74, 6) is -0.340. The molecule has 1 aromatic carbocycles. The van der Waals surface area contributed by atoms with Crippen molar-refractivity contribution in [2.24, 2.45) is 5.73 Å². The van der Waals surface area contributed by atoms with Crippen molar-refractivity contribution >= 4 is 5.91 Å². The Hall–Kier alpha value is -2.07. The summed E-state index contributed by atoms with van der Waals surface area (Å²) in [6.07, 6.45) is 3.94. The van der Waals surface area contributed by atoms with E-state index in [0.29, 0.717) is 5.56 Å². The fourth-order valence-corrected chi connectivity index (χ4v) is 4.02. The summed E-state index contributed by atoms with van der Waals surface area (Å²) in [7, 11) is 0. The quantitative estimate of drug-likeness (QED) is 0.904. The number of rotatable bonds is 5. The molecule has 0 bridgehead atoms. The van der Waals surface area contributed by atoms with Crippen molar-refractivity contribution in [2.45, 2.75) is 46.6 Å². The lowest BCUT2D eigenvalue weighted by molar-refractivity contribution is 0.1000. The molecule has 134 valence electrons. The maximum atomic E-state index is 12.2. The van der Waals surface area contributed by atoms with E-state index < -0.39 is 0 Å². The van der Waals surface area contributed by atoms with Crippen molar-refractivity contribution in [2.75, 3.05) is 19.6 Å². The van der Waals surface area contributed by atoms with Crippen molar-refractivity contribution in [3.05, 3.63) is 46.8 Å². The van der Waals surface area contributed by atoms with E-state index in [1.165, 1.54) is 37.9 Å². The molecule has 1 aliphatic heterocycles. The van der Waals surface area contributed by atoms with E-state index in [-0.39, 0.29) is 5.91 Å². The number of likely N-dealkylation sites (tertiary alicyclic amines) is 1. The van der Waals surface area contributed by atoms with Gasteiger partial charge in [-0.15, -0.1) is 0 Å². The zero-order valence-corrected chi connectivity index (χ0v) is 15.6. The molecule has 1 fully saturated rings. The molecule has 3 rings (SSSR count). The Bertz CT molecular complexity index is 752. The van der Waals surface area contributed by atoms with Gasteiger partial charge in [-0.1, -0.05) is 36.2 Å². The number of amides is 1. The van der Waals surface area contributed by atoms with E-state index in [0.717, 1.165) is 35.6 Å². The molecule has 1 aromatic heterocycles. The van der Waals surface area contributed by atoms with Crippen molar-refractivity contribution in [1.82, 2.24) is 9.47 Å². The Balaban J connectivity index is 1.94. The number of carbonyl (C=O) groups excluding carboxylic acids is 1. The standard InChI is InChI=1S/C21H29N3O/c1-15-7-9-18(10-8-15)19-16(2)24(17(3)20(19)21(22)25)14-13-23-11-5-4-6-12-23/h7-10H,4-6,11-14H2,1-3H3,(H2,22,25). The first kappa shape index (κ1) is 17.7. The molecule has 2 heterocycles. The lowest BCUT2D eigenvalue weighted by Crippen LogP contribution is -2.32. The van der Waals surface area contributed by atoms with Crippen LogP contribution in [0.2, 0.25) is 0 Å². The second kappa shape index (κ2) is 7.44. The number of carbonyl (C=O) groups is 1. The summed E-state index contributed by atoms with van der Waals surface area (Å²) in [5, 5.41) is 0. The number of aromatic nitrogens is 1. The average Bonchev–Trinajstić information content (AvgIpc) is 2.85. The van der Waals surface area contributed by atoms with E-state index in [1.807, 2.05) is 6.92 Å². The Morgan fingerprint density at radius 3 is 2.20 bits per heavy atom. The number of nitrogens with two attached hydrogens (primary N) is 1. The largest absolute Gasteiger partial charge is 0.366 e. The van der Waals surface area contributed by atoms with Crippen molar-refractivity contribution < 1.29 is 4.79 Å². The Morgan fingerprint density at radius 1 is 0.960 bits per heavy atom. The second-order valence-electron chi connectivity index (χ2n) is 7.21. The first-order valence-corrected chi connectivity index (χ1v) is 9.28. The van der Waals surface area contributed by atoms with Crippen LogP contribution >= 0.6 is 0 Å². The van der Waals surface area contributed by atoms with Gasteiger partial charge in [0.1, 0.15) is 0 Å². The number of piperidine rings is 1. The van der Waals surface area contributed by atoms with Crippen LogP contribution in [0.1, 0.15) is 46.6 Å². The molecule has 0 saturated carbocycles. The fourth-order valence-electron chi connectivity index (χ4n) is 4.02. The van der Waals surface area contributed by atoms with E-state index in [2.05, 4.69) is 47.6 Å². The SMILES string of the molecule is Cc1ccc(-c2c(C(N)=O)c(C)n(CCN3CCCCC3)c2C)cc1. The summed E-state index contributed by atoms with van der Waals surface area (Å²) in [6, 6.07) is 8.33. The third-order valence-corrected chi connectivity index (χ3v) is 5.46. The molecule has 0 spiro atoms. The highest BCUT2D eigenvalue weighted by Crippen LogP contribution is 2.32. The zero-order valence-electron chi connectivity index (χ0n) is 15.6. The predicted molar refractivity (Wildman–Crippen MR) is 103 cm³/mol. The summed E-state index contributed by atoms with van der Waals surface area (Å²) < 4.78 is 2.27. The normalized spacial score (nSPS) is 15.5. The molecule has 0 unspecified atom stereocenters. The van der Waals surface area contributed by atoms with Gasteiger partial charge in [0.2, 0.25) is 0 Å². The maximum absolute atomic E-state index is 12.2. The van der Waals surface area contributed by atoms with Crippen LogP contribution in [0, 0.1) is 20.8 Å². The van der Waals surface area contributed by atoms with E-state index >= 15 is 0 Å². The lowest BCUT2D eigenvalue weighted by atomic mass is 9.99. The second-order valence-corrected chi connectivity index (χ2v) is 7.21. The predicted octanol–water partition coefficient (Wildman–Crippen LogP) is 3.67. The number of hydrogen-bond acceptors (Lipinski definition) is 2. The molecule has 1 saturated heterocycles. The molecule has 1 amide bonds. The smallest absolute Gasteiger partial charge is 0.251 e. The van der Waals surface area contributed by atoms with Gasteiger partial charge < -0.3 is 15.2 Å². The molecule has 2 aromatic rings. The molecule has 0 radical (unpaired) electrons. The van der Waals surface area contributed by atoms with Gasteiger partial charge in [0.15, 0.2) is 0 Å². The Morgan fingerprint density at radius 2 is 1.60 bits per heavy atom. The summed E-state index contributed by atoms with van der Waals surface area (Å²) in [5.41, 5.74) is 11.8. The minimum absolute atomic E-state index is 0.340. The number of primary amides is 1. The van der Waals surface area contributed by atoms with Crippen molar-refractivity contribution in [3.8, 4) is 11.1 Å². The first-order valence-electron chi connectivity index (χ1n) is 9.28. The van der Waals surface area contributed by atoms with Crippen LogP contribution in [0.15, 0.2) is 24.3 Å². The van der Waals surface area contributed by atoms with Crippen LogP contribution in [0.4, 0.5) is 0 Å². The summed E-state index contributed by atoms with van der Waals surface area (Å²) >= 11 is 0. The summed E-state index contributed by atoms with van der Waals surface area (Å²) in [4.78, 5) is 14.7. The van der Waals surface area contributed by atoms with Gasteiger partial charge in [0, 0.05) is 30.0 Å². The molecule has 0 atom stereocenters. The first-order chi connectivity index (χ1) is 12.0. The third-order valence-electron chi connectivity index (χ3n) is 5.46. The van der Waals surface area contributed by atoms with Crippen molar-refractivity contribution in [1.29, 1.82) is 0 Å². The number of nitrogens with zero attached hydrogens (tertiary/aromatic N) is 2. The zero-order chi connectivity index (χ0) is 18.0. The van der Waals surface area contributed by atoms with Gasteiger partial charge in [0.25, 0.3) is 5.91 Å². The van der Waals surface area contributed by atoms with Gasteiger partial charge in [-0.2, -0.15) is 0 Å². The molecule has 0 aliphatic carbocycles. The number of aryl methyl sites for hydroxylation is 1. The molecule has 4 heteroatoms. The average molecular weight is 339 g/mol. The van der Waals surface area contributed by atoms with E-state index in [4.69, 9.17) is 5.73 Å². The number of hydrogen-bond donors (Lipinski definition) is 1. The van der Waals surface area contributed by atoms with Crippen molar-refractivity contribution in [3.63, 3.8) is 0 Å². The van der Waals surface area contributed by atoms with Gasteiger partial charge in [-0.05, 0) is 52.3 Å². The molecule has 1 aliphatic rings. The lowest BCUT2D eigenvalue weighted by Gasteiger charge is -2.27. The van der Waals surface area contributed by atoms with Crippen LogP contribution < -0.4 is 5.73 Å². The highest BCUT2D eigenvalue weighted by molar-refractivity contribution is 6.02. The maximum Gasteiger partial charge on any atom is 0.251 e. The Kier molecular flexibility index (Phi) is 5.28. The minimum Gasteiger partial charge on any atom is -0.366 e. The Labute approximate surface area is 150 Å². The van der Waals surface area contributed by atoms with Crippen LogP contribution in [0.3, 0.4) is 0 Å². The molecule has 4 nitrogen and oxygen atoms in total. The molecular weight excluding hydrogens is 310 g/mol. The van der Waals surface area contributed by atoms with E-state index in [1.54, 1.807) is 0 Å². The van der Waals surface area contributed by atoms with Gasteiger partial charge >= 0.3 is 0 Å². The van der Waals surface area contributed by atoms with Crippen LogP contribution in [0.5, 0.6) is 0 Å². The highest BCUT2D eigenvalue weighted by atomic mass is 16.1. The van der Waals surface area contributed by atoms with Crippen LogP contribution in [-0.2, 0) is 6.54 Å². The van der Waals surface area contributed by atoms with Gasteiger partial charge in [0.05, 0.1) is 5.56 Å². The molecule has 25 heavy (non-hydrogen) atoms. The third kappa shape index (κ3) is 3.64. The molecular formula is C21H29N3O. The van der Waals surface area contributed by atoms with E-state index in [9.17, 15) is 4.79 Å². The minimum atomic E-state index is -0.340. The fraction of sp³-hybridized carbons (Fsp3) is 0.476. The highest BCUT2D eigenvalue weighted by Gasteiger charge is 2.23.